The molecule has 3 rings (SSSR count). The minimum Gasteiger partial charge on any atom is -0.348 e. The van der Waals surface area contributed by atoms with Crippen LogP contribution in [0, 0.1) is 17.7 Å². The zero-order valence-corrected chi connectivity index (χ0v) is 15.8. The maximum atomic E-state index is 14.7. The van der Waals surface area contributed by atoms with Crippen molar-refractivity contribution in [3.63, 3.8) is 0 Å². The number of ether oxygens (including phenoxy) is 2. The molecule has 3 heteroatoms. The molecule has 2 fully saturated rings. The number of halogens is 1. The van der Waals surface area contributed by atoms with E-state index in [-0.39, 0.29) is 5.82 Å². The highest BCUT2D eigenvalue weighted by molar-refractivity contribution is 5.28. The highest BCUT2D eigenvalue weighted by Crippen LogP contribution is 2.37. The SMILES string of the molecule is CCCCCC1COC(c2ccc(C3CCC(C)CC3)c(F)c2)OC1. The van der Waals surface area contributed by atoms with Gasteiger partial charge < -0.3 is 9.47 Å². The van der Waals surface area contributed by atoms with Crippen LogP contribution in [-0.4, -0.2) is 13.2 Å². The van der Waals surface area contributed by atoms with Crippen LogP contribution in [0.25, 0.3) is 0 Å². The molecule has 0 N–H and O–H groups in total. The molecule has 1 aliphatic carbocycles. The Bertz CT molecular complexity index is 529. The fraction of sp³-hybridized carbons (Fsp3) is 0.727. The minimum atomic E-state index is -0.405. The predicted octanol–water partition coefficient (Wildman–Crippen LogP) is 6.36. The summed E-state index contributed by atoms with van der Waals surface area (Å²) >= 11 is 0. The molecule has 0 amide bonds. The molecule has 2 nitrogen and oxygen atoms in total. The van der Waals surface area contributed by atoms with E-state index in [1.54, 1.807) is 6.07 Å². The second-order valence-corrected chi connectivity index (χ2v) is 8.10. The van der Waals surface area contributed by atoms with Gasteiger partial charge in [0, 0.05) is 11.5 Å². The third kappa shape index (κ3) is 5.04. The molecule has 25 heavy (non-hydrogen) atoms. The number of benzene rings is 1. The summed E-state index contributed by atoms with van der Waals surface area (Å²) in [4.78, 5) is 0. The first-order valence-electron chi connectivity index (χ1n) is 10.2. The summed E-state index contributed by atoms with van der Waals surface area (Å²) in [5.74, 6) is 1.56. The van der Waals surface area contributed by atoms with Crippen molar-refractivity contribution >= 4 is 0 Å². The van der Waals surface area contributed by atoms with Crippen molar-refractivity contribution in [2.75, 3.05) is 13.2 Å². The van der Waals surface area contributed by atoms with Gasteiger partial charge in [-0.2, -0.15) is 0 Å². The topological polar surface area (TPSA) is 18.5 Å². The van der Waals surface area contributed by atoms with Crippen LogP contribution in [0.15, 0.2) is 18.2 Å². The quantitative estimate of drug-likeness (QED) is 0.557. The Morgan fingerprint density at radius 1 is 1.04 bits per heavy atom. The third-order valence-corrected chi connectivity index (χ3v) is 5.93. The summed E-state index contributed by atoms with van der Waals surface area (Å²) in [6.07, 6.45) is 9.13. The number of rotatable bonds is 6. The van der Waals surface area contributed by atoms with E-state index in [9.17, 15) is 4.39 Å². The van der Waals surface area contributed by atoms with Gasteiger partial charge in [0.25, 0.3) is 0 Å². The Balaban J connectivity index is 1.55. The Kier molecular flexibility index (Phi) is 6.89. The predicted molar refractivity (Wildman–Crippen MR) is 99.1 cm³/mol. The molecule has 0 aromatic heterocycles. The molecule has 2 aliphatic rings. The van der Waals surface area contributed by atoms with E-state index in [1.165, 1.54) is 32.1 Å². The molecule has 1 aromatic carbocycles. The Hall–Kier alpha value is -0.930. The molecule has 0 radical (unpaired) electrons. The smallest absolute Gasteiger partial charge is 0.183 e. The number of hydrogen-bond acceptors (Lipinski definition) is 2. The van der Waals surface area contributed by atoms with Crippen LogP contribution in [0.1, 0.15) is 88.5 Å². The third-order valence-electron chi connectivity index (χ3n) is 5.93. The highest BCUT2D eigenvalue weighted by atomic mass is 19.1. The lowest BCUT2D eigenvalue weighted by atomic mass is 9.79. The lowest BCUT2D eigenvalue weighted by molar-refractivity contribution is -0.206. The normalized spacial score (nSPS) is 30.4. The van der Waals surface area contributed by atoms with Crippen molar-refractivity contribution in [1.82, 2.24) is 0 Å². The van der Waals surface area contributed by atoms with Crippen LogP contribution in [0.5, 0.6) is 0 Å². The number of unbranched alkanes of at least 4 members (excludes halogenated alkanes) is 2. The molecule has 1 aliphatic heterocycles. The molecule has 1 aromatic rings. The lowest BCUT2D eigenvalue weighted by Gasteiger charge is -2.30. The average molecular weight is 349 g/mol. The van der Waals surface area contributed by atoms with Crippen LogP contribution in [0.4, 0.5) is 4.39 Å². The standard InChI is InChI=1S/C22H33FO2/c1-3-4-5-6-17-14-24-22(25-15-17)19-11-12-20(21(23)13-19)18-9-7-16(2)8-10-18/h11-13,16-18,22H,3-10,14-15H2,1-2H3. The summed E-state index contributed by atoms with van der Waals surface area (Å²) < 4.78 is 26.4. The maximum Gasteiger partial charge on any atom is 0.183 e. The summed E-state index contributed by atoms with van der Waals surface area (Å²) in [5, 5.41) is 0. The fourth-order valence-corrected chi connectivity index (χ4v) is 4.18. The molecule has 1 saturated heterocycles. The van der Waals surface area contributed by atoms with Crippen LogP contribution >= 0.6 is 0 Å². The van der Waals surface area contributed by atoms with Crippen molar-refractivity contribution in [2.24, 2.45) is 11.8 Å². The molecule has 1 heterocycles. The second-order valence-electron chi connectivity index (χ2n) is 8.10. The van der Waals surface area contributed by atoms with Gasteiger partial charge in [0.05, 0.1) is 13.2 Å². The van der Waals surface area contributed by atoms with Crippen LogP contribution in [0.2, 0.25) is 0 Å². The summed E-state index contributed by atoms with van der Waals surface area (Å²) in [5.41, 5.74) is 1.70. The lowest BCUT2D eigenvalue weighted by Crippen LogP contribution is -2.27. The van der Waals surface area contributed by atoms with Gasteiger partial charge in [-0.1, -0.05) is 58.1 Å². The van der Waals surface area contributed by atoms with Gasteiger partial charge in [0.1, 0.15) is 5.82 Å². The van der Waals surface area contributed by atoms with Gasteiger partial charge in [-0.05, 0) is 42.7 Å². The van der Waals surface area contributed by atoms with Crippen molar-refractivity contribution in [2.45, 2.75) is 77.4 Å². The van der Waals surface area contributed by atoms with Crippen molar-refractivity contribution in [1.29, 1.82) is 0 Å². The zero-order chi connectivity index (χ0) is 17.6. The van der Waals surface area contributed by atoms with E-state index in [0.717, 1.165) is 49.5 Å². The maximum absolute atomic E-state index is 14.7. The Morgan fingerprint density at radius 3 is 2.40 bits per heavy atom. The first kappa shape index (κ1) is 18.8. The van der Waals surface area contributed by atoms with Gasteiger partial charge in [-0.15, -0.1) is 0 Å². The Morgan fingerprint density at radius 2 is 1.76 bits per heavy atom. The van der Waals surface area contributed by atoms with E-state index in [4.69, 9.17) is 9.47 Å². The van der Waals surface area contributed by atoms with Crippen molar-refractivity contribution in [3.05, 3.63) is 35.1 Å². The van der Waals surface area contributed by atoms with Crippen molar-refractivity contribution in [3.8, 4) is 0 Å². The van der Waals surface area contributed by atoms with Crippen molar-refractivity contribution < 1.29 is 13.9 Å². The molecule has 0 unspecified atom stereocenters. The average Bonchev–Trinajstić information content (AvgIpc) is 2.63. The van der Waals surface area contributed by atoms with Gasteiger partial charge in [0.2, 0.25) is 0 Å². The largest absolute Gasteiger partial charge is 0.348 e. The summed E-state index contributed by atoms with van der Waals surface area (Å²) in [6, 6.07) is 5.60. The fourth-order valence-electron chi connectivity index (χ4n) is 4.18. The zero-order valence-electron chi connectivity index (χ0n) is 15.8. The summed E-state index contributed by atoms with van der Waals surface area (Å²) in [7, 11) is 0. The minimum absolute atomic E-state index is 0.0886. The van der Waals surface area contributed by atoms with E-state index in [1.807, 2.05) is 12.1 Å². The van der Waals surface area contributed by atoms with E-state index in [0.29, 0.717) is 11.8 Å². The second kappa shape index (κ2) is 9.14. The van der Waals surface area contributed by atoms with Gasteiger partial charge in [0.15, 0.2) is 6.29 Å². The van der Waals surface area contributed by atoms with E-state index in [2.05, 4.69) is 13.8 Å². The molecule has 0 bridgehead atoms. The molecule has 0 spiro atoms. The Labute approximate surface area is 152 Å². The van der Waals surface area contributed by atoms with Crippen LogP contribution < -0.4 is 0 Å². The number of hydrogen-bond donors (Lipinski definition) is 0. The van der Waals surface area contributed by atoms with E-state index < -0.39 is 6.29 Å². The molecule has 1 saturated carbocycles. The van der Waals surface area contributed by atoms with E-state index >= 15 is 0 Å². The van der Waals surface area contributed by atoms with Crippen LogP contribution in [0.3, 0.4) is 0 Å². The highest BCUT2D eigenvalue weighted by Gasteiger charge is 2.26. The summed E-state index contributed by atoms with van der Waals surface area (Å²) in [6.45, 7) is 5.95. The van der Waals surface area contributed by atoms with Gasteiger partial charge >= 0.3 is 0 Å². The molecular formula is C22H33FO2. The molecule has 0 atom stereocenters. The van der Waals surface area contributed by atoms with Crippen LogP contribution in [-0.2, 0) is 9.47 Å². The van der Waals surface area contributed by atoms with Gasteiger partial charge in [-0.25, -0.2) is 4.39 Å². The first-order valence-corrected chi connectivity index (χ1v) is 10.2. The monoisotopic (exact) mass is 348 g/mol. The molecular weight excluding hydrogens is 315 g/mol. The van der Waals surface area contributed by atoms with Gasteiger partial charge in [-0.3, -0.25) is 0 Å². The molecule has 140 valence electrons. The first-order chi connectivity index (χ1) is 12.2.